The van der Waals surface area contributed by atoms with Gasteiger partial charge >= 0.3 is 0 Å². The Morgan fingerprint density at radius 2 is 2.15 bits per heavy atom. The maximum atomic E-state index is 12.1. The molecular weight excluding hydrogens is 276 g/mol. The molecule has 1 amide bonds. The van der Waals surface area contributed by atoms with Crippen LogP contribution in [0.1, 0.15) is 18.4 Å². The van der Waals surface area contributed by atoms with Gasteiger partial charge in [0.25, 0.3) is 5.22 Å². The number of carbonyl (C=O) groups is 1. The minimum atomic E-state index is -0.351. The second-order valence-electron chi connectivity index (χ2n) is 4.36. The Kier molecular flexibility index (Phi) is 4.29. The van der Waals surface area contributed by atoms with E-state index in [9.17, 15) is 4.79 Å². The number of aryl methyl sites for hydroxylation is 1. The Labute approximate surface area is 121 Å². The lowest BCUT2D eigenvalue weighted by Gasteiger charge is -2.13. The lowest BCUT2D eigenvalue weighted by Crippen LogP contribution is -2.23. The fourth-order valence-electron chi connectivity index (χ4n) is 1.55. The molecule has 0 aliphatic rings. The summed E-state index contributed by atoms with van der Waals surface area (Å²) in [6, 6.07) is 5.42. The smallest absolute Gasteiger partial charge is 0.277 e. The van der Waals surface area contributed by atoms with Crippen molar-refractivity contribution in [2.75, 3.05) is 11.1 Å². The normalized spacial score (nSPS) is 12.2. The van der Waals surface area contributed by atoms with Gasteiger partial charge in [0, 0.05) is 18.3 Å². The maximum Gasteiger partial charge on any atom is 0.277 e. The van der Waals surface area contributed by atoms with Gasteiger partial charge in [-0.1, -0.05) is 17.8 Å². The SMILES string of the molecule is Cc1nnc(SC(C)C(=O)Nc2cccc(N)c2C)o1. The Morgan fingerprint density at radius 1 is 1.40 bits per heavy atom. The number of amides is 1. The maximum absolute atomic E-state index is 12.1. The third-order valence-electron chi connectivity index (χ3n) is 2.79. The van der Waals surface area contributed by atoms with E-state index in [1.165, 1.54) is 11.8 Å². The molecule has 0 bridgehead atoms. The third-order valence-corrected chi connectivity index (χ3v) is 3.72. The number of anilines is 2. The van der Waals surface area contributed by atoms with E-state index in [1.807, 2.05) is 13.0 Å². The van der Waals surface area contributed by atoms with E-state index in [-0.39, 0.29) is 11.2 Å². The molecule has 20 heavy (non-hydrogen) atoms. The molecule has 0 fully saturated rings. The van der Waals surface area contributed by atoms with Crippen LogP contribution in [0.5, 0.6) is 0 Å². The van der Waals surface area contributed by atoms with Gasteiger partial charge in [0.15, 0.2) is 0 Å². The van der Waals surface area contributed by atoms with Crippen molar-refractivity contribution < 1.29 is 9.21 Å². The first-order chi connectivity index (χ1) is 9.47. The number of nitrogen functional groups attached to an aromatic ring is 1. The highest BCUT2D eigenvalue weighted by Crippen LogP contribution is 2.25. The zero-order chi connectivity index (χ0) is 14.7. The van der Waals surface area contributed by atoms with Crippen LogP contribution >= 0.6 is 11.8 Å². The summed E-state index contributed by atoms with van der Waals surface area (Å²) in [5.41, 5.74) is 8.02. The van der Waals surface area contributed by atoms with Crippen molar-refractivity contribution in [2.24, 2.45) is 0 Å². The highest BCUT2D eigenvalue weighted by Gasteiger charge is 2.18. The van der Waals surface area contributed by atoms with Crippen LogP contribution in [0.25, 0.3) is 0 Å². The molecule has 2 aromatic rings. The van der Waals surface area contributed by atoms with Crippen LogP contribution in [0.15, 0.2) is 27.8 Å². The number of nitrogens with two attached hydrogens (primary N) is 1. The highest BCUT2D eigenvalue weighted by atomic mass is 32.2. The second kappa shape index (κ2) is 5.96. The van der Waals surface area contributed by atoms with Gasteiger partial charge < -0.3 is 15.5 Å². The van der Waals surface area contributed by atoms with Gasteiger partial charge in [-0.05, 0) is 31.5 Å². The van der Waals surface area contributed by atoms with E-state index < -0.39 is 0 Å². The third kappa shape index (κ3) is 3.30. The zero-order valence-corrected chi connectivity index (χ0v) is 12.3. The number of nitrogens with zero attached hydrogens (tertiary/aromatic N) is 2. The van der Waals surface area contributed by atoms with Gasteiger partial charge in [0.2, 0.25) is 11.8 Å². The average molecular weight is 292 g/mol. The van der Waals surface area contributed by atoms with Crippen LogP contribution in [0, 0.1) is 13.8 Å². The molecule has 1 atom stereocenters. The minimum Gasteiger partial charge on any atom is -0.416 e. The second-order valence-corrected chi connectivity index (χ2v) is 5.65. The van der Waals surface area contributed by atoms with E-state index in [1.54, 1.807) is 26.0 Å². The summed E-state index contributed by atoms with van der Waals surface area (Å²) in [5.74, 6) is 0.339. The predicted molar refractivity (Wildman–Crippen MR) is 78.6 cm³/mol. The van der Waals surface area contributed by atoms with Gasteiger partial charge in [0.1, 0.15) is 0 Å². The first-order valence-electron chi connectivity index (χ1n) is 6.10. The molecular formula is C13H16N4O2S. The molecule has 6 nitrogen and oxygen atoms in total. The van der Waals surface area contributed by atoms with Crippen LogP contribution in [-0.2, 0) is 4.79 Å². The zero-order valence-electron chi connectivity index (χ0n) is 11.5. The molecule has 0 aliphatic heterocycles. The first-order valence-corrected chi connectivity index (χ1v) is 6.98. The molecule has 0 saturated carbocycles. The molecule has 1 aromatic carbocycles. The van der Waals surface area contributed by atoms with E-state index in [4.69, 9.17) is 10.2 Å². The fraction of sp³-hybridized carbons (Fsp3) is 0.308. The molecule has 0 saturated heterocycles. The molecule has 1 aromatic heterocycles. The van der Waals surface area contributed by atoms with Gasteiger partial charge in [-0.15, -0.1) is 10.2 Å². The van der Waals surface area contributed by atoms with Gasteiger partial charge in [-0.25, -0.2) is 0 Å². The summed E-state index contributed by atoms with van der Waals surface area (Å²) < 4.78 is 5.24. The van der Waals surface area contributed by atoms with Crippen molar-refractivity contribution in [3.05, 3.63) is 29.7 Å². The van der Waals surface area contributed by atoms with Gasteiger partial charge in [-0.3, -0.25) is 4.79 Å². The van der Waals surface area contributed by atoms with E-state index in [2.05, 4.69) is 15.5 Å². The Bertz CT molecular complexity index is 627. The van der Waals surface area contributed by atoms with Gasteiger partial charge in [-0.2, -0.15) is 0 Å². The van der Waals surface area contributed by atoms with Crippen LogP contribution in [0.2, 0.25) is 0 Å². The number of hydrogen-bond donors (Lipinski definition) is 2. The minimum absolute atomic E-state index is 0.139. The number of nitrogens with one attached hydrogen (secondary N) is 1. The molecule has 7 heteroatoms. The summed E-state index contributed by atoms with van der Waals surface area (Å²) >= 11 is 1.22. The van der Waals surface area contributed by atoms with E-state index in [0.29, 0.717) is 22.5 Å². The molecule has 1 heterocycles. The summed E-state index contributed by atoms with van der Waals surface area (Å²) in [6.45, 7) is 5.35. The van der Waals surface area contributed by atoms with Crippen molar-refractivity contribution in [1.29, 1.82) is 0 Å². The molecule has 0 spiro atoms. The standard InChI is InChI=1S/C13H16N4O2S/c1-7-10(14)5-4-6-11(7)15-12(18)8(2)20-13-17-16-9(3)19-13/h4-6,8H,14H2,1-3H3,(H,15,18). The topological polar surface area (TPSA) is 94.0 Å². The predicted octanol–water partition coefficient (Wildman–Crippen LogP) is 2.39. The lowest BCUT2D eigenvalue weighted by molar-refractivity contribution is -0.115. The Morgan fingerprint density at radius 3 is 2.80 bits per heavy atom. The number of benzene rings is 1. The van der Waals surface area contributed by atoms with Crippen molar-refractivity contribution >= 4 is 29.0 Å². The van der Waals surface area contributed by atoms with Crippen molar-refractivity contribution in [3.63, 3.8) is 0 Å². The van der Waals surface area contributed by atoms with E-state index in [0.717, 1.165) is 5.56 Å². The largest absolute Gasteiger partial charge is 0.416 e. The van der Waals surface area contributed by atoms with Crippen molar-refractivity contribution in [3.8, 4) is 0 Å². The highest BCUT2D eigenvalue weighted by molar-refractivity contribution is 8.00. The number of hydrogen-bond acceptors (Lipinski definition) is 6. The van der Waals surface area contributed by atoms with Crippen LogP contribution in [-0.4, -0.2) is 21.4 Å². The molecule has 1 unspecified atom stereocenters. The molecule has 2 rings (SSSR count). The number of carbonyl (C=O) groups excluding carboxylic acids is 1. The number of aromatic nitrogens is 2. The van der Waals surface area contributed by atoms with Gasteiger partial charge in [0.05, 0.1) is 5.25 Å². The summed E-state index contributed by atoms with van der Waals surface area (Å²) in [6.07, 6.45) is 0. The van der Waals surface area contributed by atoms with Crippen molar-refractivity contribution in [2.45, 2.75) is 31.2 Å². The first kappa shape index (κ1) is 14.4. The quantitative estimate of drug-likeness (QED) is 0.663. The van der Waals surface area contributed by atoms with Crippen LogP contribution in [0.4, 0.5) is 11.4 Å². The summed E-state index contributed by atoms with van der Waals surface area (Å²) in [5, 5.41) is 10.5. The summed E-state index contributed by atoms with van der Waals surface area (Å²) in [7, 11) is 0. The molecule has 106 valence electrons. The fourth-order valence-corrected chi connectivity index (χ4v) is 2.28. The van der Waals surface area contributed by atoms with E-state index >= 15 is 0 Å². The van der Waals surface area contributed by atoms with Crippen molar-refractivity contribution in [1.82, 2.24) is 10.2 Å². The number of thioether (sulfide) groups is 1. The number of rotatable bonds is 4. The molecule has 3 N–H and O–H groups in total. The summed E-state index contributed by atoms with van der Waals surface area (Å²) in [4.78, 5) is 12.1. The molecule has 0 aliphatic carbocycles. The Balaban J connectivity index is 2.02. The van der Waals surface area contributed by atoms with Crippen LogP contribution in [0.3, 0.4) is 0 Å². The average Bonchev–Trinajstić information content (AvgIpc) is 2.80. The monoisotopic (exact) mass is 292 g/mol. The lowest BCUT2D eigenvalue weighted by atomic mass is 10.1. The van der Waals surface area contributed by atoms with Crippen LogP contribution < -0.4 is 11.1 Å². The molecule has 0 radical (unpaired) electrons. The Hall–Kier alpha value is -2.02.